The van der Waals surface area contributed by atoms with E-state index in [0.29, 0.717) is 25.2 Å². The molecule has 0 spiro atoms. The summed E-state index contributed by atoms with van der Waals surface area (Å²) in [6, 6.07) is 1.19. The van der Waals surface area contributed by atoms with E-state index in [1.807, 2.05) is 0 Å². The molecule has 2 aliphatic rings. The summed E-state index contributed by atoms with van der Waals surface area (Å²) < 4.78 is 5.50. The fraction of sp³-hybridized carbons (Fsp3) is 1.00. The van der Waals surface area contributed by atoms with Crippen LogP contribution in [0.4, 0.5) is 0 Å². The van der Waals surface area contributed by atoms with Crippen molar-refractivity contribution < 1.29 is 9.84 Å². The largest absolute Gasteiger partial charge is 0.389 e. The van der Waals surface area contributed by atoms with Crippen molar-refractivity contribution in [3.05, 3.63) is 0 Å². The number of likely N-dealkylation sites (tertiary alicyclic amines) is 1. The molecule has 1 heterocycles. The third-order valence-electron chi connectivity index (χ3n) is 4.21. The van der Waals surface area contributed by atoms with Crippen molar-refractivity contribution in [1.82, 2.24) is 10.2 Å². The fourth-order valence-electron chi connectivity index (χ4n) is 2.49. The minimum Gasteiger partial charge on any atom is -0.389 e. The van der Waals surface area contributed by atoms with E-state index in [1.54, 1.807) is 0 Å². The highest BCUT2D eigenvalue weighted by Crippen LogP contribution is 2.28. The van der Waals surface area contributed by atoms with Crippen LogP contribution in [0.25, 0.3) is 0 Å². The molecule has 4 nitrogen and oxygen atoms in total. The van der Waals surface area contributed by atoms with Gasteiger partial charge in [0, 0.05) is 25.2 Å². The first-order valence-electron chi connectivity index (χ1n) is 7.34. The number of nitrogens with zero attached hydrogens (tertiary/aromatic N) is 1. The lowest BCUT2D eigenvalue weighted by molar-refractivity contribution is 0.0293. The molecule has 4 heteroatoms. The fourth-order valence-corrected chi connectivity index (χ4v) is 2.49. The minimum absolute atomic E-state index is 0.362. The topological polar surface area (TPSA) is 44.7 Å². The van der Waals surface area contributed by atoms with Crippen LogP contribution in [0.3, 0.4) is 0 Å². The lowest BCUT2D eigenvalue weighted by Gasteiger charge is -2.35. The molecule has 1 saturated carbocycles. The van der Waals surface area contributed by atoms with Crippen molar-refractivity contribution in [2.45, 2.75) is 50.8 Å². The maximum atomic E-state index is 9.83. The van der Waals surface area contributed by atoms with Crippen LogP contribution in [0.15, 0.2) is 0 Å². The molecule has 0 amide bonds. The summed E-state index contributed by atoms with van der Waals surface area (Å²) in [5.74, 6) is 0.778. The minimum atomic E-state index is -0.362. The van der Waals surface area contributed by atoms with Gasteiger partial charge in [-0.3, -0.25) is 0 Å². The van der Waals surface area contributed by atoms with Gasteiger partial charge in [-0.25, -0.2) is 0 Å². The quantitative estimate of drug-likeness (QED) is 0.709. The van der Waals surface area contributed by atoms with Crippen molar-refractivity contribution in [2.24, 2.45) is 5.92 Å². The first-order chi connectivity index (χ1) is 8.65. The van der Waals surface area contributed by atoms with Gasteiger partial charge in [-0.1, -0.05) is 0 Å². The van der Waals surface area contributed by atoms with Crippen LogP contribution in [-0.2, 0) is 4.74 Å². The standard InChI is InChI=1S/C14H28N2O2/c1-11-7-13(5-6-16(11)2)15-8-14(17)10-18-9-12-3-4-12/h11-15,17H,3-10H2,1-2H3. The van der Waals surface area contributed by atoms with Gasteiger partial charge >= 0.3 is 0 Å². The molecule has 106 valence electrons. The zero-order valence-electron chi connectivity index (χ0n) is 11.8. The molecule has 1 aliphatic carbocycles. The second kappa shape index (κ2) is 6.85. The molecule has 0 aromatic carbocycles. The van der Waals surface area contributed by atoms with Crippen LogP contribution in [0.2, 0.25) is 0 Å². The van der Waals surface area contributed by atoms with Gasteiger partial charge in [0.05, 0.1) is 12.7 Å². The number of aliphatic hydroxyl groups excluding tert-OH is 1. The molecular formula is C14H28N2O2. The van der Waals surface area contributed by atoms with Gasteiger partial charge in [-0.15, -0.1) is 0 Å². The normalized spacial score (nSPS) is 31.5. The van der Waals surface area contributed by atoms with Crippen LogP contribution < -0.4 is 5.32 Å². The lowest BCUT2D eigenvalue weighted by atomic mass is 9.99. The van der Waals surface area contributed by atoms with E-state index in [2.05, 4.69) is 24.2 Å². The number of nitrogens with one attached hydrogen (secondary N) is 1. The molecule has 1 saturated heterocycles. The lowest BCUT2D eigenvalue weighted by Crippen LogP contribution is -2.47. The molecule has 2 fully saturated rings. The average Bonchev–Trinajstić information content (AvgIpc) is 3.15. The molecule has 0 aromatic rings. The summed E-state index contributed by atoms with van der Waals surface area (Å²) in [7, 11) is 2.18. The van der Waals surface area contributed by atoms with Crippen molar-refractivity contribution in [3.63, 3.8) is 0 Å². The smallest absolute Gasteiger partial charge is 0.0897 e. The Kier molecular flexibility index (Phi) is 5.42. The van der Waals surface area contributed by atoms with Crippen molar-refractivity contribution >= 4 is 0 Å². The summed E-state index contributed by atoms with van der Waals surface area (Å²) in [5, 5.41) is 13.3. The Labute approximate surface area is 111 Å². The second-order valence-electron chi connectivity index (χ2n) is 6.09. The van der Waals surface area contributed by atoms with Gasteiger partial charge in [-0.2, -0.15) is 0 Å². The number of piperidine rings is 1. The summed E-state index contributed by atoms with van der Waals surface area (Å²) in [5.41, 5.74) is 0. The average molecular weight is 256 g/mol. The van der Waals surface area contributed by atoms with Gasteiger partial charge in [0.25, 0.3) is 0 Å². The number of ether oxygens (including phenoxy) is 1. The van der Waals surface area contributed by atoms with Crippen LogP contribution in [0, 0.1) is 5.92 Å². The Bertz CT molecular complexity index is 246. The summed E-state index contributed by atoms with van der Waals surface area (Å²) >= 11 is 0. The van der Waals surface area contributed by atoms with Gasteiger partial charge in [0.2, 0.25) is 0 Å². The maximum Gasteiger partial charge on any atom is 0.0897 e. The Morgan fingerprint density at radius 2 is 2.17 bits per heavy atom. The van der Waals surface area contributed by atoms with Crippen LogP contribution in [-0.4, -0.2) is 61.5 Å². The zero-order chi connectivity index (χ0) is 13.0. The molecule has 3 atom stereocenters. The van der Waals surface area contributed by atoms with E-state index in [0.717, 1.165) is 19.1 Å². The Morgan fingerprint density at radius 1 is 1.39 bits per heavy atom. The van der Waals surface area contributed by atoms with Gasteiger partial charge < -0.3 is 20.1 Å². The summed E-state index contributed by atoms with van der Waals surface area (Å²) in [4.78, 5) is 2.40. The number of rotatable bonds is 7. The molecule has 0 aromatic heterocycles. The molecule has 2 N–H and O–H groups in total. The first kappa shape index (κ1) is 14.3. The van der Waals surface area contributed by atoms with Crippen molar-refractivity contribution in [1.29, 1.82) is 0 Å². The molecule has 18 heavy (non-hydrogen) atoms. The molecule has 1 aliphatic heterocycles. The zero-order valence-corrected chi connectivity index (χ0v) is 11.8. The maximum absolute atomic E-state index is 9.83. The highest BCUT2D eigenvalue weighted by atomic mass is 16.5. The first-order valence-corrected chi connectivity index (χ1v) is 7.34. The Balaban J connectivity index is 1.52. The molecule has 2 rings (SSSR count). The van der Waals surface area contributed by atoms with Crippen LogP contribution in [0.1, 0.15) is 32.6 Å². The van der Waals surface area contributed by atoms with Gasteiger partial charge in [0.1, 0.15) is 0 Å². The highest BCUT2D eigenvalue weighted by molar-refractivity contribution is 4.81. The van der Waals surface area contributed by atoms with E-state index in [4.69, 9.17) is 4.74 Å². The SMILES string of the molecule is CC1CC(NCC(O)COCC2CC2)CCN1C. The summed E-state index contributed by atoms with van der Waals surface area (Å²) in [6.07, 6.45) is 4.60. The van der Waals surface area contributed by atoms with E-state index >= 15 is 0 Å². The molecule has 0 radical (unpaired) electrons. The highest BCUT2D eigenvalue weighted by Gasteiger charge is 2.23. The van der Waals surface area contributed by atoms with E-state index in [-0.39, 0.29) is 6.10 Å². The Hall–Kier alpha value is -0.160. The molecule has 3 unspecified atom stereocenters. The van der Waals surface area contributed by atoms with Crippen LogP contribution in [0.5, 0.6) is 0 Å². The van der Waals surface area contributed by atoms with Crippen molar-refractivity contribution in [2.75, 3.05) is 33.4 Å². The monoisotopic (exact) mass is 256 g/mol. The van der Waals surface area contributed by atoms with E-state index in [1.165, 1.54) is 25.7 Å². The number of hydrogen-bond acceptors (Lipinski definition) is 4. The van der Waals surface area contributed by atoms with E-state index in [9.17, 15) is 5.11 Å². The van der Waals surface area contributed by atoms with E-state index < -0.39 is 0 Å². The van der Waals surface area contributed by atoms with Crippen LogP contribution >= 0.6 is 0 Å². The third kappa shape index (κ3) is 4.84. The molecule has 0 bridgehead atoms. The third-order valence-corrected chi connectivity index (χ3v) is 4.21. The Morgan fingerprint density at radius 3 is 2.83 bits per heavy atom. The second-order valence-corrected chi connectivity index (χ2v) is 6.09. The van der Waals surface area contributed by atoms with Crippen molar-refractivity contribution in [3.8, 4) is 0 Å². The summed E-state index contributed by atoms with van der Waals surface area (Å²) in [6.45, 7) is 5.38. The predicted octanol–water partition coefficient (Wildman–Crippen LogP) is 0.846. The number of aliphatic hydroxyl groups is 1. The van der Waals surface area contributed by atoms with Gasteiger partial charge in [0.15, 0.2) is 0 Å². The molecular weight excluding hydrogens is 228 g/mol. The number of hydrogen-bond donors (Lipinski definition) is 2. The predicted molar refractivity (Wildman–Crippen MR) is 72.7 cm³/mol. The van der Waals surface area contributed by atoms with Gasteiger partial charge in [-0.05, 0) is 52.1 Å².